The van der Waals surface area contributed by atoms with E-state index in [-0.39, 0.29) is 23.1 Å². The van der Waals surface area contributed by atoms with E-state index in [1.807, 2.05) is 47.4 Å². The van der Waals surface area contributed by atoms with Gasteiger partial charge in [0.25, 0.3) is 5.91 Å². The maximum Gasteiger partial charge on any atom is 0.253 e. The van der Waals surface area contributed by atoms with Crippen LogP contribution in [0.25, 0.3) is 0 Å². The molecular weight excluding hydrogens is 304 g/mol. The molecule has 1 aromatic carbocycles. The van der Waals surface area contributed by atoms with E-state index in [0.29, 0.717) is 18.7 Å². The number of carbonyl (C=O) groups excluding carboxylic acids is 2. The summed E-state index contributed by atoms with van der Waals surface area (Å²) in [5.41, 5.74) is 0.701. The quantitative estimate of drug-likeness (QED) is 0.939. The molecule has 2 amide bonds. The van der Waals surface area contributed by atoms with Crippen molar-refractivity contribution in [2.45, 2.75) is 19.4 Å². The summed E-state index contributed by atoms with van der Waals surface area (Å²) < 4.78 is 5.23. The fourth-order valence-electron chi connectivity index (χ4n) is 3.71. The predicted molar refractivity (Wildman–Crippen MR) is 88.1 cm³/mol. The highest BCUT2D eigenvalue weighted by Crippen LogP contribution is 2.58. The molecule has 0 unspecified atom stereocenters. The molecule has 2 fully saturated rings. The number of hydrogen-bond acceptors (Lipinski definition) is 3. The summed E-state index contributed by atoms with van der Waals surface area (Å²) in [5.74, 6) is 0.904. The van der Waals surface area contributed by atoms with Crippen molar-refractivity contribution in [2.24, 2.45) is 11.3 Å². The minimum Gasteiger partial charge on any atom is -0.467 e. The van der Waals surface area contributed by atoms with Crippen LogP contribution in [0.3, 0.4) is 0 Å². The molecule has 1 saturated heterocycles. The van der Waals surface area contributed by atoms with Crippen LogP contribution in [-0.2, 0) is 11.3 Å². The van der Waals surface area contributed by atoms with Crippen LogP contribution in [-0.4, -0.2) is 29.8 Å². The average molecular weight is 324 g/mol. The molecule has 1 aromatic heterocycles. The Bertz CT molecular complexity index is 741. The standard InChI is InChI=1S/C19H20N2O3/c22-17(20-12-15-7-4-10-24-15)16-11-19(16)8-9-21(13-19)18(23)14-5-2-1-3-6-14/h1-7,10,16H,8-9,11-13H2,(H,20,22)/t16-,19+/m1/s1. The highest BCUT2D eigenvalue weighted by Gasteiger charge is 2.61. The van der Waals surface area contributed by atoms with E-state index >= 15 is 0 Å². The smallest absolute Gasteiger partial charge is 0.253 e. The van der Waals surface area contributed by atoms with E-state index in [4.69, 9.17) is 4.42 Å². The SMILES string of the molecule is O=C(NCc1ccco1)[C@H]1C[C@]12CCN(C(=O)c1ccccc1)C2. The third-order valence-corrected chi connectivity index (χ3v) is 5.22. The maximum atomic E-state index is 12.5. The Kier molecular flexibility index (Phi) is 3.63. The fourth-order valence-corrected chi connectivity index (χ4v) is 3.71. The van der Waals surface area contributed by atoms with Crippen LogP contribution in [0.2, 0.25) is 0 Å². The van der Waals surface area contributed by atoms with Crippen molar-refractivity contribution < 1.29 is 14.0 Å². The molecule has 124 valence electrons. The molecule has 1 N–H and O–H groups in total. The number of benzene rings is 1. The van der Waals surface area contributed by atoms with Crippen molar-refractivity contribution >= 4 is 11.8 Å². The minimum atomic E-state index is -0.0162. The number of amides is 2. The second-order valence-electron chi connectivity index (χ2n) is 6.76. The highest BCUT2D eigenvalue weighted by atomic mass is 16.3. The van der Waals surface area contributed by atoms with Crippen LogP contribution in [0, 0.1) is 11.3 Å². The Morgan fingerprint density at radius 3 is 2.79 bits per heavy atom. The van der Waals surface area contributed by atoms with Gasteiger partial charge in [0.2, 0.25) is 5.91 Å². The number of furan rings is 1. The van der Waals surface area contributed by atoms with E-state index in [1.165, 1.54) is 0 Å². The first kappa shape index (κ1) is 15.0. The molecular formula is C19H20N2O3. The first-order valence-corrected chi connectivity index (χ1v) is 8.32. The Labute approximate surface area is 140 Å². The summed E-state index contributed by atoms with van der Waals surface area (Å²) in [6.07, 6.45) is 3.38. The zero-order chi connectivity index (χ0) is 16.6. The van der Waals surface area contributed by atoms with Crippen LogP contribution in [0.15, 0.2) is 53.1 Å². The van der Waals surface area contributed by atoms with Gasteiger partial charge >= 0.3 is 0 Å². The third kappa shape index (κ3) is 2.70. The van der Waals surface area contributed by atoms with Crippen LogP contribution in [0.1, 0.15) is 29.0 Å². The molecule has 24 heavy (non-hydrogen) atoms. The molecule has 2 aromatic rings. The van der Waals surface area contributed by atoms with Crippen LogP contribution < -0.4 is 5.32 Å². The number of likely N-dealkylation sites (tertiary alicyclic amines) is 1. The van der Waals surface area contributed by atoms with Gasteiger partial charge in [0.15, 0.2) is 0 Å². The Hall–Kier alpha value is -2.56. The van der Waals surface area contributed by atoms with Gasteiger partial charge in [0.1, 0.15) is 5.76 Å². The van der Waals surface area contributed by atoms with Crippen molar-refractivity contribution in [3.63, 3.8) is 0 Å². The molecule has 5 nitrogen and oxygen atoms in total. The molecule has 1 saturated carbocycles. The van der Waals surface area contributed by atoms with Gasteiger partial charge in [0.05, 0.1) is 12.8 Å². The Morgan fingerprint density at radius 2 is 2.04 bits per heavy atom. The molecule has 0 radical (unpaired) electrons. The van der Waals surface area contributed by atoms with E-state index in [0.717, 1.165) is 25.1 Å². The summed E-state index contributed by atoms with van der Waals surface area (Å²) in [7, 11) is 0. The molecule has 1 spiro atoms. The first-order chi connectivity index (χ1) is 11.7. The van der Waals surface area contributed by atoms with Gasteiger partial charge in [-0.05, 0) is 37.1 Å². The van der Waals surface area contributed by atoms with E-state index in [2.05, 4.69) is 5.32 Å². The second-order valence-corrected chi connectivity index (χ2v) is 6.76. The molecule has 2 atom stereocenters. The molecule has 4 rings (SSSR count). The maximum absolute atomic E-state index is 12.5. The Morgan fingerprint density at radius 1 is 1.21 bits per heavy atom. The topological polar surface area (TPSA) is 62.6 Å². The Balaban J connectivity index is 1.34. The minimum absolute atomic E-state index is 0.0148. The molecule has 2 heterocycles. The molecule has 1 aliphatic carbocycles. The van der Waals surface area contributed by atoms with Gasteiger partial charge in [-0.25, -0.2) is 0 Å². The van der Waals surface area contributed by atoms with Gasteiger partial charge in [-0.2, -0.15) is 0 Å². The first-order valence-electron chi connectivity index (χ1n) is 8.32. The van der Waals surface area contributed by atoms with E-state index < -0.39 is 0 Å². The summed E-state index contributed by atoms with van der Waals surface area (Å²) in [4.78, 5) is 26.8. The van der Waals surface area contributed by atoms with Gasteiger partial charge in [-0.1, -0.05) is 18.2 Å². The number of nitrogens with one attached hydrogen (secondary N) is 1. The fraction of sp³-hybridized carbons (Fsp3) is 0.368. The largest absolute Gasteiger partial charge is 0.467 e. The zero-order valence-electron chi connectivity index (χ0n) is 13.4. The summed E-state index contributed by atoms with van der Waals surface area (Å²) in [6.45, 7) is 1.83. The lowest BCUT2D eigenvalue weighted by atomic mass is 10.0. The number of hydrogen-bond donors (Lipinski definition) is 1. The zero-order valence-corrected chi connectivity index (χ0v) is 13.4. The summed E-state index contributed by atoms with van der Waals surface area (Å²) in [6, 6.07) is 13.0. The second kappa shape index (κ2) is 5.82. The summed E-state index contributed by atoms with van der Waals surface area (Å²) >= 11 is 0. The highest BCUT2D eigenvalue weighted by molar-refractivity contribution is 5.94. The monoisotopic (exact) mass is 324 g/mol. The van der Waals surface area contributed by atoms with E-state index in [1.54, 1.807) is 6.26 Å². The van der Waals surface area contributed by atoms with Crippen molar-refractivity contribution in [3.8, 4) is 0 Å². The predicted octanol–water partition coefficient (Wildman–Crippen LogP) is 2.45. The average Bonchev–Trinajstić information content (AvgIpc) is 2.95. The normalized spacial score (nSPS) is 25.0. The lowest BCUT2D eigenvalue weighted by Gasteiger charge is -2.16. The third-order valence-electron chi connectivity index (χ3n) is 5.22. The van der Waals surface area contributed by atoms with Gasteiger partial charge in [0, 0.05) is 30.0 Å². The summed E-state index contributed by atoms with van der Waals surface area (Å²) in [5, 5.41) is 2.94. The number of rotatable bonds is 4. The van der Waals surface area contributed by atoms with Gasteiger partial charge < -0.3 is 14.6 Å². The lowest BCUT2D eigenvalue weighted by Crippen LogP contribution is -2.31. The number of nitrogens with zero attached hydrogens (tertiary/aromatic N) is 1. The van der Waals surface area contributed by atoms with Gasteiger partial charge in [-0.15, -0.1) is 0 Å². The molecule has 2 aliphatic rings. The van der Waals surface area contributed by atoms with Crippen LogP contribution in [0.5, 0.6) is 0 Å². The molecule has 0 bridgehead atoms. The molecule has 1 aliphatic heterocycles. The molecule has 5 heteroatoms. The van der Waals surface area contributed by atoms with Crippen LogP contribution >= 0.6 is 0 Å². The lowest BCUT2D eigenvalue weighted by molar-refractivity contribution is -0.123. The van der Waals surface area contributed by atoms with Crippen molar-refractivity contribution in [1.82, 2.24) is 10.2 Å². The number of carbonyl (C=O) groups is 2. The van der Waals surface area contributed by atoms with Crippen molar-refractivity contribution in [2.75, 3.05) is 13.1 Å². The van der Waals surface area contributed by atoms with Crippen molar-refractivity contribution in [3.05, 3.63) is 60.1 Å². The van der Waals surface area contributed by atoms with E-state index in [9.17, 15) is 9.59 Å². The van der Waals surface area contributed by atoms with Crippen molar-refractivity contribution in [1.29, 1.82) is 0 Å². The van der Waals surface area contributed by atoms with Gasteiger partial charge in [-0.3, -0.25) is 9.59 Å². The van der Waals surface area contributed by atoms with Crippen LogP contribution in [0.4, 0.5) is 0 Å².